The van der Waals surface area contributed by atoms with Crippen LogP contribution in [0, 0.1) is 13.8 Å². The van der Waals surface area contributed by atoms with E-state index in [9.17, 15) is 0 Å². The van der Waals surface area contributed by atoms with E-state index < -0.39 is 0 Å². The van der Waals surface area contributed by atoms with Crippen LogP contribution < -0.4 is 4.90 Å². The van der Waals surface area contributed by atoms with E-state index >= 15 is 0 Å². The van der Waals surface area contributed by atoms with E-state index in [1.54, 1.807) is 36.1 Å². The molecule has 0 saturated heterocycles. The molecular weight excluding hydrogens is 356 g/mol. The molecule has 0 spiro atoms. The number of aromatic nitrogens is 5. The number of pyridine rings is 1. The molecule has 0 saturated carbocycles. The summed E-state index contributed by atoms with van der Waals surface area (Å²) in [4.78, 5) is 27.0. The number of thiophene rings is 1. The summed E-state index contributed by atoms with van der Waals surface area (Å²) in [5, 5.41) is 1.13. The van der Waals surface area contributed by atoms with E-state index in [0.717, 1.165) is 40.4 Å². The van der Waals surface area contributed by atoms with Crippen LogP contribution in [0.2, 0.25) is 0 Å². The molecule has 0 aliphatic carbocycles. The molecule has 0 aromatic carbocycles. The normalized spacial score (nSPS) is 11.1. The van der Waals surface area contributed by atoms with Crippen LogP contribution in [0.3, 0.4) is 0 Å². The van der Waals surface area contributed by atoms with Gasteiger partial charge < -0.3 is 4.90 Å². The van der Waals surface area contributed by atoms with Crippen molar-refractivity contribution in [2.75, 3.05) is 18.5 Å². The van der Waals surface area contributed by atoms with E-state index in [2.05, 4.69) is 40.7 Å². The average Bonchev–Trinajstić information content (AvgIpc) is 3.00. The molecule has 4 heterocycles. The molecule has 0 bridgehead atoms. The first-order valence-electron chi connectivity index (χ1n) is 8.78. The van der Waals surface area contributed by atoms with Crippen molar-refractivity contribution >= 4 is 27.4 Å². The fraction of sp³-hybridized carbons (Fsp3) is 0.250. The SMILES string of the molecule is Cc1sc2nc(-c3cccnc3)nc(N(C)CCc3ncccn3)c2c1C. The fourth-order valence-corrected chi connectivity index (χ4v) is 3.99. The van der Waals surface area contributed by atoms with E-state index in [-0.39, 0.29) is 0 Å². The molecule has 136 valence electrons. The second-order valence-corrected chi connectivity index (χ2v) is 7.62. The Morgan fingerprint density at radius 2 is 1.85 bits per heavy atom. The standard InChI is InChI=1S/C20H20N6S/c1-13-14(2)27-20-17(13)19(24-18(25-20)15-6-4-8-21-12-15)26(3)11-7-16-22-9-5-10-23-16/h4-6,8-10,12H,7,11H2,1-3H3. The molecule has 4 aromatic rings. The predicted octanol–water partition coefficient (Wildman–Crippen LogP) is 3.84. The maximum Gasteiger partial charge on any atom is 0.164 e. The highest BCUT2D eigenvalue weighted by molar-refractivity contribution is 7.18. The lowest BCUT2D eigenvalue weighted by atomic mass is 10.2. The molecule has 0 radical (unpaired) electrons. The quantitative estimate of drug-likeness (QED) is 0.527. The Hall–Kier alpha value is -2.93. The van der Waals surface area contributed by atoms with Gasteiger partial charge >= 0.3 is 0 Å². The van der Waals surface area contributed by atoms with Gasteiger partial charge in [0.15, 0.2) is 5.82 Å². The molecule has 0 N–H and O–H groups in total. The third-order valence-corrected chi connectivity index (χ3v) is 5.68. The average molecular weight is 376 g/mol. The summed E-state index contributed by atoms with van der Waals surface area (Å²) in [6.45, 7) is 5.04. The first-order valence-corrected chi connectivity index (χ1v) is 9.60. The van der Waals surface area contributed by atoms with Gasteiger partial charge in [0.05, 0.1) is 5.39 Å². The molecule has 0 amide bonds. The summed E-state index contributed by atoms with van der Waals surface area (Å²) < 4.78 is 0. The number of aryl methyl sites for hydroxylation is 2. The minimum Gasteiger partial charge on any atom is -0.359 e. The van der Waals surface area contributed by atoms with Gasteiger partial charge in [-0.05, 0) is 37.6 Å². The number of hydrogen-bond donors (Lipinski definition) is 0. The summed E-state index contributed by atoms with van der Waals surface area (Å²) in [7, 11) is 2.06. The van der Waals surface area contributed by atoms with Gasteiger partial charge in [-0.15, -0.1) is 11.3 Å². The zero-order valence-corrected chi connectivity index (χ0v) is 16.4. The van der Waals surface area contributed by atoms with Crippen LogP contribution in [-0.2, 0) is 6.42 Å². The molecule has 4 rings (SSSR count). The molecule has 0 aliphatic heterocycles. The largest absolute Gasteiger partial charge is 0.359 e. The Kier molecular flexibility index (Phi) is 4.77. The van der Waals surface area contributed by atoms with Crippen molar-refractivity contribution in [3.8, 4) is 11.4 Å². The first kappa shape index (κ1) is 17.5. The molecule has 0 aliphatic rings. The molecule has 27 heavy (non-hydrogen) atoms. The number of anilines is 1. The minimum absolute atomic E-state index is 0.703. The van der Waals surface area contributed by atoms with Crippen molar-refractivity contribution in [3.05, 3.63) is 59.3 Å². The monoisotopic (exact) mass is 376 g/mol. The number of fused-ring (bicyclic) bond motifs is 1. The fourth-order valence-electron chi connectivity index (χ4n) is 2.96. The van der Waals surface area contributed by atoms with Crippen LogP contribution in [-0.4, -0.2) is 38.5 Å². The van der Waals surface area contributed by atoms with Crippen molar-refractivity contribution in [1.29, 1.82) is 0 Å². The van der Waals surface area contributed by atoms with Crippen LogP contribution in [0.1, 0.15) is 16.3 Å². The second-order valence-electron chi connectivity index (χ2n) is 6.41. The van der Waals surface area contributed by atoms with Crippen molar-refractivity contribution < 1.29 is 0 Å². The van der Waals surface area contributed by atoms with Crippen LogP contribution in [0.15, 0.2) is 43.0 Å². The van der Waals surface area contributed by atoms with E-state index in [0.29, 0.717) is 5.82 Å². The number of nitrogens with zero attached hydrogens (tertiary/aromatic N) is 6. The lowest BCUT2D eigenvalue weighted by Gasteiger charge is -2.20. The lowest BCUT2D eigenvalue weighted by Crippen LogP contribution is -2.23. The molecule has 6 nitrogen and oxygen atoms in total. The maximum absolute atomic E-state index is 4.90. The number of likely N-dealkylation sites (N-methyl/N-ethyl adjacent to an activating group) is 1. The zero-order valence-electron chi connectivity index (χ0n) is 15.5. The summed E-state index contributed by atoms with van der Waals surface area (Å²) in [5.41, 5.74) is 2.16. The molecule has 4 aromatic heterocycles. The van der Waals surface area contributed by atoms with Gasteiger partial charge in [-0.25, -0.2) is 19.9 Å². The van der Waals surface area contributed by atoms with Crippen LogP contribution in [0.25, 0.3) is 21.6 Å². The topological polar surface area (TPSA) is 67.7 Å². The van der Waals surface area contributed by atoms with Crippen LogP contribution >= 0.6 is 11.3 Å². The van der Waals surface area contributed by atoms with Gasteiger partial charge in [-0.1, -0.05) is 0 Å². The maximum atomic E-state index is 4.90. The van der Waals surface area contributed by atoms with E-state index in [4.69, 9.17) is 9.97 Å². The first-order chi connectivity index (χ1) is 13.1. The summed E-state index contributed by atoms with van der Waals surface area (Å²) in [6.07, 6.45) is 7.87. The highest BCUT2D eigenvalue weighted by atomic mass is 32.1. The smallest absolute Gasteiger partial charge is 0.164 e. The number of rotatable bonds is 5. The van der Waals surface area contributed by atoms with E-state index in [1.807, 2.05) is 18.2 Å². The Balaban J connectivity index is 1.75. The van der Waals surface area contributed by atoms with Gasteiger partial charge in [0.1, 0.15) is 16.5 Å². The summed E-state index contributed by atoms with van der Waals surface area (Å²) in [5.74, 6) is 2.48. The molecule has 0 atom stereocenters. The van der Waals surface area contributed by atoms with Gasteiger partial charge in [0.2, 0.25) is 0 Å². The summed E-state index contributed by atoms with van der Waals surface area (Å²) in [6, 6.07) is 5.73. The molecule has 0 fully saturated rings. The third-order valence-electron chi connectivity index (χ3n) is 4.58. The second kappa shape index (κ2) is 7.36. The Labute approximate surface area is 162 Å². The van der Waals surface area contributed by atoms with Crippen LogP contribution in [0.4, 0.5) is 5.82 Å². The van der Waals surface area contributed by atoms with Gasteiger partial charge in [-0.2, -0.15) is 0 Å². The molecule has 0 unspecified atom stereocenters. The van der Waals surface area contributed by atoms with Crippen molar-refractivity contribution in [1.82, 2.24) is 24.9 Å². The van der Waals surface area contributed by atoms with Gasteiger partial charge in [-0.3, -0.25) is 4.98 Å². The van der Waals surface area contributed by atoms with Gasteiger partial charge in [0, 0.05) is 55.2 Å². The van der Waals surface area contributed by atoms with Crippen molar-refractivity contribution in [3.63, 3.8) is 0 Å². The highest BCUT2D eigenvalue weighted by Crippen LogP contribution is 2.36. The highest BCUT2D eigenvalue weighted by Gasteiger charge is 2.18. The van der Waals surface area contributed by atoms with Crippen molar-refractivity contribution in [2.45, 2.75) is 20.3 Å². The minimum atomic E-state index is 0.703. The predicted molar refractivity (Wildman–Crippen MR) is 109 cm³/mol. The Bertz CT molecular complexity index is 1060. The van der Waals surface area contributed by atoms with Gasteiger partial charge in [0.25, 0.3) is 0 Å². The zero-order chi connectivity index (χ0) is 18.8. The van der Waals surface area contributed by atoms with Crippen LogP contribution in [0.5, 0.6) is 0 Å². The third kappa shape index (κ3) is 3.50. The molecular formula is C20H20N6S. The number of hydrogen-bond acceptors (Lipinski definition) is 7. The Morgan fingerprint density at radius 3 is 2.59 bits per heavy atom. The van der Waals surface area contributed by atoms with E-state index in [1.165, 1.54) is 10.4 Å². The molecule has 7 heteroatoms. The Morgan fingerprint density at radius 1 is 1.04 bits per heavy atom. The van der Waals surface area contributed by atoms with Crippen molar-refractivity contribution in [2.24, 2.45) is 0 Å². The summed E-state index contributed by atoms with van der Waals surface area (Å²) >= 11 is 1.71. The lowest BCUT2D eigenvalue weighted by molar-refractivity contribution is 0.811.